The van der Waals surface area contributed by atoms with E-state index in [9.17, 15) is 75.7 Å². The summed E-state index contributed by atoms with van der Waals surface area (Å²) in [6.07, 6.45) is 16.7. The minimum atomic E-state index is -3.08. The van der Waals surface area contributed by atoms with Crippen LogP contribution < -0.4 is 10.6 Å². The molecular formula is C68H128N2O21. The number of aliphatic hydroxyl groups excluding tert-OH is 11. The summed E-state index contributed by atoms with van der Waals surface area (Å²) in [5.41, 5.74) is 0. The molecule has 23 heteroatoms. The summed E-state index contributed by atoms with van der Waals surface area (Å²) in [6.45, 7) is 2.23. The topological polar surface area (TPSA) is 373 Å². The molecule has 3 rings (SSSR count). The van der Waals surface area contributed by atoms with Crippen LogP contribution in [-0.4, -0.2) is 215 Å². The van der Waals surface area contributed by atoms with E-state index in [1.54, 1.807) is 0 Å². The molecule has 3 aliphatic rings. The lowest BCUT2D eigenvalue weighted by Crippen LogP contribution is -2.70. The number of carboxylic acids is 1. The van der Waals surface area contributed by atoms with Gasteiger partial charge in [-0.2, -0.15) is 0 Å². The molecule has 14 N–H and O–H groups in total. The molecule has 0 aromatic rings. The molecule has 0 saturated carbocycles. The zero-order valence-corrected chi connectivity index (χ0v) is 56.0. The number of ether oxygens (including phenoxy) is 6. The lowest BCUT2D eigenvalue weighted by Gasteiger charge is -2.50. The van der Waals surface area contributed by atoms with Crippen LogP contribution in [0.15, 0.2) is 0 Å². The maximum absolute atomic E-state index is 13.5. The van der Waals surface area contributed by atoms with E-state index in [-0.39, 0.29) is 18.9 Å². The predicted octanol–water partition coefficient (Wildman–Crippen LogP) is 6.90. The van der Waals surface area contributed by atoms with Gasteiger partial charge in [-0.15, -0.1) is 0 Å². The fourth-order valence-electron chi connectivity index (χ4n) is 12.8. The van der Waals surface area contributed by atoms with Crippen LogP contribution in [0.2, 0.25) is 0 Å². The molecule has 18 unspecified atom stereocenters. The van der Waals surface area contributed by atoms with Crippen molar-refractivity contribution >= 4 is 17.8 Å². The second-order valence-electron chi connectivity index (χ2n) is 26.5. The number of carbonyl (C=O) groups excluding carboxylic acids is 2. The van der Waals surface area contributed by atoms with Crippen LogP contribution in [0.4, 0.5) is 0 Å². The van der Waals surface area contributed by atoms with Crippen LogP contribution in [-0.2, 0) is 42.8 Å². The highest BCUT2D eigenvalue weighted by Gasteiger charge is 2.60. The highest BCUT2D eigenvalue weighted by Crippen LogP contribution is 2.39. The van der Waals surface area contributed by atoms with E-state index in [0.29, 0.717) is 19.3 Å². The maximum Gasteiger partial charge on any atom is 0.364 e. The van der Waals surface area contributed by atoms with Crippen molar-refractivity contribution in [2.45, 2.75) is 387 Å². The highest BCUT2D eigenvalue weighted by atomic mass is 16.8. The Bertz CT molecular complexity index is 1850. The summed E-state index contributed by atoms with van der Waals surface area (Å²) in [6, 6.07) is -2.52. The van der Waals surface area contributed by atoms with Gasteiger partial charge in [0.15, 0.2) is 12.6 Å². The van der Waals surface area contributed by atoms with Crippen molar-refractivity contribution in [3.63, 3.8) is 0 Å². The fraction of sp³-hybridized carbons (Fsp3) is 0.956. The van der Waals surface area contributed by atoms with E-state index in [0.717, 1.165) is 51.9 Å². The van der Waals surface area contributed by atoms with Gasteiger partial charge in [-0.3, -0.25) is 9.59 Å². The molecule has 0 aliphatic carbocycles. The minimum absolute atomic E-state index is 0.229. The summed E-state index contributed by atoms with van der Waals surface area (Å²) < 4.78 is 34.9. The van der Waals surface area contributed by atoms with Crippen LogP contribution in [0, 0.1) is 0 Å². The number of aliphatic hydroxyl groups is 11. The number of carboxylic acid groups (broad SMARTS) is 1. The molecule has 91 heavy (non-hydrogen) atoms. The van der Waals surface area contributed by atoms with Gasteiger partial charge in [-0.1, -0.05) is 245 Å². The third-order valence-electron chi connectivity index (χ3n) is 18.6. The molecule has 0 aromatic heterocycles. The number of hydrogen-bond acceptors (Lipinski definition) is 20. The van der Waals surface area contributed by atoms with Crippen molar-refractivity contribution in [1.82, 2.24) is 10.6 Å². The maximum atomic E-state index is 13.5. The number of nitrogens with one attached hydrogen (secondary N) is 2. The van der Waals surface area contributed by atoms with Crippen molar-refractivity contribution in [2.75, 3.05) is 26.4 Å². The van der Waals surface area contributed by atoms with E-state index >= 15 is 0 Å². The Morgan fingerprint density at radius 1 is 0.527 bits per heavy atom. The van der Waals surface area contributed by atoms with Gasteiger partial charge < -0.3 is 100 Å². The molecule has 3 heterocycles. The molecule has 18 atom stereocenters. The molecule has 23 nitrogen and oxygen atoms in total. The summed E-state index contributed by atoms with van der Waals surface area (Å²) in [4.78, 5) is 38.6. The van der Waals surface area contributed by atoms with Gasteiger partial charge in [0.1, 0.15) is 67.1 Å². The van der Waals surface area contributed by atoms with E-state index < -0.39 is 148 Å². The number of amides is 2. The Kier molecular flexibility index (Phi) is 44.9. The lowest BCUT2D eigenvalue weighted by molar-refractivity contribution is -0.386. The summed E-state index contributed by atoms with van der Waals surface area (Å²) in [5, 5.41) is 136. The molecule has 0 spiro atoms. The zero-order valence-electron chi connectivity index (χ0n) is 56.0. The Morgan fingerprint density at radius 2 is 0.956 bits per heavy atom. The van der Waals surface area contributed by atoms with Crippen LogP contribution in [0.1, 0.15) is 278 Å². The van der Waals surface area contributed by atoms with Gasteiger partial charge in [0.2, 0.25) is 11.8 Å². The van der Waals surface area contributed by atoms with Crippen molar-refractivity contribution in [3.05, 3.63) is 0 Å². The fourth-order valence-corrected chi connectivity index (χ4v) is 12.8. The first-order chi connectivity index (χ1) is 43.9. The quantitative estimate of drug-likeness (QED) is 0.0275. The predicted molar refractivity (Wildman–Crippen MR) is 343 cm³/mol. The normalized spacial score (nSPS) is 28.4. The first-order valence-electron chi connectivity index (χ1n) is 35.9. The van der Waals surface area contributed by atoms with Crippen LogP contribution in [0.5, 0.6) is 0 Å². The van der Waals surface area contributed by atoms with Crippen molar-refractivity contribution in [2.24, 2.45) is 0 Å². The van der Waals surface area contributed by atoms with Crippen LogP contribution >= 0.6 is 0 Å². The highest BCUT2D eigenvalue weighted by molar-refractivity contribution is 5.77. The lowest BCUT2D eigenvalue weighted by atomic mass is 9.88. The van der Waals surface area contributed by atoms with E-state index in [4.69, 9.17) is 28.4 Å². The van der Waals surface area contributed by atoms with Crippen molar-refractivity contribution < 1.29 is 104 Å². The summed E-state index contributed by atoms with van der Waals surface area (Å²) in [5.74, 6) is -6.09. The Labute approximate surface area is 544 Å². The molecule has 3 fully saturated rings. The summed E-state index contributed by atoms with van der Waals surface area (Å²) in [7, 11) is 0. The largest absolute Gasteiger partial charge is 0.477 e. The zero-order chi connectivity index (χ0) is 66.8. The van der Waals surface area contributed by atoms with Gasteiger partial charge in [0.05, 0.1) is 50.7 Å². The standard InChI is InChI=1S/C68H128N2O21/c1-4-6-8-10-12-14-16-18-20-22-23-24-25-26-28-30-32-34-36-38-40-42-55(78)70-49(50(75)41-39-37-35-33-31-29-27-21-19-17-15-13-11-9-7-5-2)47-86-65-60(82)59(81)62(54(46-73)88-65)89-66-61(83)64(58(80)53(45-72)87-66)91-68(67(84)85)43-51(76)56(69-48(3)74)63(90-68)57(79)52(77)44-71/h49-54,56-66,71-73,75-77,79-83H,4-47H2,1-3H3,(H,69,74)(H,70,78)(H,84,85). The molecule has 0 bridgehead atoms. The molecule has 0 aromatic carbocycles. The van der Waals surface area contributed by atoms with Gasteiger partial charge >= 0.3 is 5.97 Å². The smallest absolute Gasteiger partial charge is 0.364 e. The third-order valence-corrected chi connectivity index (χ3v) is 18.6. The number of carbonyl (C=O) groups is 3. The average Bonchev–Trinajstić information content (AvgIpc) is 0.788. The second-order valence-corrected chi connectivity index (χ2v) is 26.5. The van der Waals surface area contributed by atoms with Gasteiger partial charge in [-0.05, 0) is 12.8 Å². The van der Waals surface area contributed by atoms with Gasteiger partial charge in [0, 0.05) is 19.8 Å². The number of unbranched alkanes of at least 4 members (excludes halogenated alkanes) is 35. The van der Waals surface area contributed by atoms with Gasteiger partial charge in [0.25, 0.3) is 5.79 Å². The van der Waals surface area contributed by atoms with E-state index in [2.05, 4.69) is 24.5 Å². The Hall–Kier alpha value is -2.27. The van der Waals surface area contributed by atoms with Crippen LogP contribution in [0.3, 0.4) is 0 Å². The Morgan fingerprint density at radius 3 is 1.37 bits per heavy atom. The molecule has 0 radical (unpaired) electrons. The van der Waals surface area contributed by atoms with Crippen molar-refractivity contribution in [1.29, 1.82) is 0 Å². The van der Waals surface area contributed by atoms with Crippen LogP contribution in [0.25, 0.3) is 0 Å². The van der Waals surface area contributed by atoms with E-state index in [1.807, 2.05) is 0 Å². The Balaban J connectivity index is 1.57. The monoisotopic (exact) mass is 1310 g/mol. The molecule has 2 amide bonds. The molecule has 536 valence electrons. The van der Waals surface area contributed by atoms with E-state index in [1.165, 1.54) is 180 Å². The minimum Gasteiger partial charge on any atom is -0.477 e. The summed E-state index contributed by atoms with van der Waals surface area (Å²) >= 11 is 0. The third kappa shape index (κ3) is 31.7. The number of rotatable bonds is 55. The van der Waals surface area contributed by atoms with Crippen molar-refractivity contribution in [3.8, 4) is 0 Å². The number of hydrogen-bond donors (Lipinski definition) is 14. The SMILES string of the molecule is CCCCCCCCCCCCCCCCCCCCCCCC(=O)NC(COC1OC(CO)C(OC2OC(CO)C(O)C(OC3(C(=O)O)CC(O)C(NC(C)=O)C(C(O)C(O)CO)O3)C2O)C(O)C1O)C(O)CCCCCCCCCCCCCCCCCC. The molecule has 3 aliphatic heterocycles. The number of aliphatic carboxylic acids is 1. The van der Waals surface area contributed by atoms with Gasteiger partial charge in [-0.25, -0.2) is 4.79 Å². The first-order valence-corrected chi connectivity index (χ1v) is 35.9. The molecule has 3 saturated heterocycles. The first kappa shape index (κ1) is 83.0. The molecular weight excluding hydrogens is 1180 g/mol. The average molecular weight is 1310 g/mol. The second kappa shape index (κ2) is 49.3.